The van der Waals surface area contributed by atoms with Crippen molar-refractivity contribution in [1.82, 2.24) is 0 Å². The zero-order valence-electron chi connectivity index (χ0n) is 13.0. The Labute approximate surface area is 118 Å². The van der Waals surface area contributed by atoms with Gasteiger partial charge in [-0.15, -0.1) is 25.4 Å². The molecule has 0 radical (unpaired) electrons. The van der Waals surface area contributed by atoms with Crippen molar-refractivity contribution < 1.29 is 0 Å². The molecule has 0 bridgehead atoms. The topological polar surface area (TPSA) is 0 Å². The summed E-state index contributed by atoms with van der Waals surface area (Å²) in [6, 6.07) is 1.32. The largest absolute Gasteiger partial charge is 0.172 e. The molecule has 0 saturated carbocycles. The van der Waals surface area contributed by atoms with Crippen LogP contribution in [0.2, 0.25) is 32.2 Å². The number of rotatable bonds is 2. The molecule has 0 aliphatic heterocycles. The Morgan fingerprint density at radius 1 is 1.06 bits per heavy atom. The summed E-state index contributed by atoms with van der Waals surface area (Å²) in [7, 11) is -1.55. The smallest absolute Gasteiger partial charge is 0.134 e. The molecule has 0 aromatic heterocycles. The first kappa shape index (κ1) is 25.7. The summed E-state index contributed by atoms with van der Waals surface area (Å²) < 4.78 is 0. The van der Waals surface area contributed by atoms with Crippen LogP contribution in [0.3, 0.4) is 0 Å². The molecule has 0 aliphatic carbocycles. The van der Waals surface area contributed by atoms with E-state index in [0.717, 1.165) is 0 Å². The minimum absolute atomic E-state index is 0.667. The van der Waals surface area contributed by atoms with Crippen LogP contribution in [0, 0.1) is 0 Å². The molecule has 0 aromatic carbocycles. The highest BCUT2D eigenvalue weighted by Crippen LogP contribution is 2.07. The molecule has 0 N–H and O–H groups in total. The maximum atomic E-state index is 5.41. The van der Waals surface area contributed by atoms with E-state index in [1.54, 1.807) is 12.2 Å². The number of halogens is 1. The molecule has 0 aliphatic rings. The third-order valence-corrected chi connectivity index (χ3v) is 4.39. The normalized spacial score (nSPS) is 8.29. The molecular formula is C14H33ClSi2. The van der Waals surface area contributed by atoms with Crippen LogP contribution in [0.15, 0.2) is 37.6 Å². The highest BCUT2D eigenvalue weighted by atomic mass is 35.6. The van der Waals surface area contributed by atoms with Crippen molar-refractivity contribution in [3.8, 4) is 0 Å². The Balaban J connectivity index is -0.0000000726. The van der Waals surface area contributed by atoms with E-state index in [2.05, 4.69) is 58.5 Å². The number of hydrogen-bond donors (Lipinski definition) is 0. The molecule has 0 aromatic rings. The molecule has 0 nitrogen and oxygen atoms in total. The summed E-state index contributed by atoms with van der Waals surface area (Å²) in [5.41, 5.74) is 2.13. The quantitative estimate of drug-likeness (QED) is 0.331. The molecule has 104 valence electrons. The van der Waals surface area contributed by atoms with Gasteiger partial charge in [0.2, 0.25) is 0 Å². The van der Waals surface area contributed by atoms with Crippen molar-refractivity contribution in [2.75, 3.05) is 0 Å². The van der Waals surface area contributed by atoms with Gasteiger partial charge in [-0.05, 0) is 13.8 Å². The van der Waals surface area contributed by atoms with Crippen molar-refractivity contribution in [2.45, 2.75) is 53.0 Å². The van der Waals surface area contributed by atoms with Gasteiger partial charge in [-0.3, -0.25) is 0 Å². The minimum Gasteiger partial charge on any atom is -0.172 e. The molecule has 17 heavy (non-hydrogen) atoms. The fourth-order valence-corrected chi connectivity index (χ4v) is 0.433. The monoisotopic (exact) mass is 292 g/mol. The third kappa shape index (κ3) is 87.7. The Morgan fingerprint density at radius 2 is 1.24 bits per heavy atom. The molecule has 0 fully saturated rings. The third-order valence-electron chi connectivity index (χ3n) is 1.46. The molecule has 0 saturated heterocycles. The Morgan fingerprint density at radius 3 is 1.24 bits per heavy atom. The van der Waals surface area contributed by atoms with Crippen LogP contribution in [0.1, 0.15) is 20.8 Å². The van der Waals surface area contributed by atoms with Crippen molar-refractivity contribution in [1.29, 1.82) is 0 Å². The molecule has 3 heteroatoms. The summed E-state index contributed by atoms with van der Waals surface area (Å²) in [6.45, 7) is 25.3. The maximum absolute atomic E-state index is 5.41. The van der Waals surface area contributed by atoms with E-state index in [0.29, 0.717) is 0 Å². The van der Waals surface area contributed by atoms with Gasteiger partial charge in [0, 0.05) is 0 Å². The summed E-state index contributed by atoms with van der Waals surface area (Å²) in [5.74, 6) is 0. The van der Waals surface area contributed by atoms with Crippen LogP contribution in [0.25, 0.3) is 0 Å². The van der Waals surface area contributed by atoms with E-state index in [4.69, 9.17) is 11.1 Å². The molecular weight excluding hydrogens is 260 g/mol. The average Bonchev–Trinajstić information content (AvgIpc) is 2.19. The van der Waals surface area contributed by atoms with Gasteiger partial charge in [0.25, 0.3) is 0 Å². The standard InChI is InChI=1S/C6H14Si.2C3H6.C2H7ClSi/c1-5-7(3,4)6-2;2*1-3-2;1-4(2)3/h5H,1,6H2,2-4H3;2*3H,1H2,2H3;4H,1-2H3. The van der Waals surface area contributed by atoms with Crippen LogP contribution in [0.5, 0.6) is 0 Å². The maximum Gasteiger partial charge on any atom is 0.134 e. The zero-order chi connectivity index (χ0) is 14.9. The predicted octanol–water partition coefficient (Wildman–Crippen LogP) is 6.03. The average molecular weight is 293 g/mol. The predicted molar refractivity (Wildman–Crippen MR) is 94.6 cm³/mol. The summed E-state index contributed by atoms with van der Waals surface area (Å²) in [5, 5.41) is 0. The lowest BCUT2D eigenvalue weighted by atomic mass is 10.8. The van der Waals surface area contributed by atoms with Crippen LogP contribution in [-0.2, 0) is 0 Å². The first-order valence-electron chi connectivity index (χ1n) is 6.10. The highest BCUT2D eigenvalue weighted by Gasteiger charge is 2.10. The summed E-state index contributed by atoms with van der Waals surface area (Å²) in [4.78, 5) is 0. The highest BCUT2D eigenvalue weighted by molar-refractivity contribution is 7.05. The molecule has 0 rings (SSSR count). The zero-order valence-corrected chi connectivity index (χ0v) is 15.9. The van der Waals surface area contributed by atoms with Crippen LogP contribution < -0.4 is 0 Å². The first-order valence-corrected chi connectivity index (χ1v) is 13.4. The molecule has 0 spiro atoms. The van der Waals surface area contributed by atoms with Gasteiger partial charge in [0.05, 0.1) is 8.07 Å². The van der Waals surface area contributed by atoms with Crippen molar-refractivity contribution in [3.05, 3.63) is 37.6 Å². The van der Waals surface area contributed by atoms with Crippen molar-refractivity contribution >= 4 is 27.3 Å². The van der Waals surface area contributed by atoms with Crippen molar-refractivity contribution in [3.63, 3.8) is 0 Å². The van der Waals surface area contributed by atoms with Gasteiger partial charge in [-0.1, -0.05) is 51.3 Å². The van der Waals surface area contributed by atoms with Gasteiger partial charge in [-0.2, -0.15) is 11.1 Å². The minimum atomic E-state index is -0.887. The first-order chi connectivity index (χ1) is 7.68. The molecule has 0 atom stereocenters. The van der Waals surface area contributed by atoms with E-state index in [1.807, 2.05) is 13.8 Å². The number of hydrogen-bond acceptors (Lipinski definition) is 0. The second-order valence-electron chi connectivity index (χ2n) is 4.38. The summed E-state index contributed by atoms with van der Waals surface area (Å²) >= 11 is 5.41. The Hall–Kier alpha value is -0.0562. The van der Waals surface area contributed by atoms with Crippen LogP contribution in [0.4, 0.5) is 0 Å². The second kappa shape index (κ2) is 21.3. The van der Waals surface area contributed by atoms with Gasteiger partial charge in [-0.25, -0.2) is 0 Å². The Bertz CT molecular complexity index is 155. The van der Waals surface area contributed by atoms with Gasteiger partial charge in [0.15, 0.2) is 0 Å². The van der Waals surface area contributed by atoms with E-state index in [1.165, 1.54) is 6.04 Å². The van der Waals surface area contributed by atoms with Crippen LogP contribution >= 0.6 is 11.1 Å². The van der Waals surface area contributed by atoms with E-state index >= 15 is 0 Å². The Kier molecular flexibility index (Phi) is 32.1. The second-order valence-corrected chi connectivity index (χ2v) is 14.1. The van der Waals surface area contributed by atoms with Crippen LogP contribution in [-0.4, -0.2) is 16.2 Å². The van der Waals surface area contributed by atoms with E-state index in [9.17, 15) is 0 Å². The fraction of sp³-hybridized carbons (Fsp3) is 0.571. The number of allylic oxidation sites excluding steroid dienone is 2. The lowest BCUT2D eigenvalue weighted by Crippen LogP contribution is -2.19. The molecule has 0 heterocycles. The van der Waals surface area contributed by atoms with Gasteiger partial charge >= 0.3 is 0 Å². The van der Waals surface area contributed by atoms with E-state index in [-0.39, 0.29) is 0 Å². The van der Waals surface area contributed by atoms with Gasteiger partial charge in [0.1, 0.15) is 8.11 Å². The lowest BCUT2D eigenvalue weighted by molar-refractivity contribution is 1.38. The van der Waals surface area contributed by atoms with Gasteiger partial charge < -0.3 is 0 Å². The fourth-order valence-electron chi connectivity index (χ4n) is 0.144. The molecule has 0 unspecified atom stereocenters. The summed E-state index contributed by atoms with van der Waals surface area (Å²) in [6.07, 6.45) is 3.50. The molecule has 0 amide bonds. The van der Waals surface area contributed by atoms with Crippen molar-refractivity contribution in [2.24, 2.45) is 0 Å². The SMILES string of the molecule is C=CC.C=CC.C=C[Si](C)(C)CC.C[SiH](C)Cl. The van der Waals surface area contributed by atoms with E-state index < -0.39 is 16.2 Å². The lowest BCUT2D eigenvalue weighted by Gasteiger charge is -2.11.